The van der Waals surface area contributed by atoms with Crippen LogP contribution in [-0.4, -0.2) is 26.4 Å². The third-order valence-corrected chi connectivity index (χ3v) is 3.92. The van der Waals surface area contributed by atoms with Crippen LogP contribution in [0.25, 0.3) is 0 Å². The van der Waals surface area contributed by atoms with Gasteiger partial charge in [0, 0.05) is 31.2 Å². The lowest BCUT2D eigenvalue weighted by Gasteiger charge is -2.29. The van der Waals surface area contributed by atoms with E-state index in [1.54, 1.807) is 14.2 Å². The molecule has 0 aromatic heterocycles. The second-order valence-electron chi connectivity index (χ2n) is 5.46. The largest absolute Gasteiger partial charge is 0.497 e. The van der Waals surface area contributed by atoms with Gasteiger partial charge in [-0.15, -0.1) is 0 Å². The maximum absolute atomic E-state index is 6.18. The molecule has 0 saturated heterocycles. The SMILES string of the molecule is COc1ccc([C@H](C)N)c(OC2CCCC(OC)C2)c1. The van der Waals surface area contributed by atoms with E-state index in [1.807, 2.05) is 25.1 Å². The second kappa shape index (κ2) is 6.95. The van der Waals surface area contributed by atoms with Crippen molar-refractivity contribution in [3.8, 4) is 11.5 Å². The molecule has 4 nitrogen and oxygen atoms in total. The molecule has 1 fully saturated rings. The minimum atomic E-state index is -0.0577. The molecule has 2 N–H and O–H groups in total. The lowest BCUT2D eigenvalue weighted by molar-refractivity contribution is 0.0205. The van der Waals surface area contributed by atoms with Gasteiger partial charge < -0.3 is 19.9 Å². The summed E-state index contributed by atoms with van der Waals surface area (Å²) in [5.74, 6) is 1.63. The Morgan fingerprint density at radius 3 is 2.60 bits per heavy atom. The first-order valence-corrected chi connectivity index (χ1v) is 7.27. The van der Waals surface area contributed by atoms with E-state index >= 15 is 0 Å². The molecule has 1 saturated carbocycles. The zero-order valence-electron chi connectivity index (χ0n) is 12.6. The summed E-state index contributed by atoms with van der Waals surface area (Å²) in [7, 11) is 3.43. The summed E-state index contributed by atoms with van der Waals surface area (Å²) in [6.45, 7) is 1.97. The van der Waals surface area contributed by atoms with Crippen LogP contribution >= 0.6 is 0 Å². The van der Waals surface area contributed by atoms with Gasteiger partial charge >= 0.3 is 0 Å². The van der Waals surface area contributed by atoms with Crippen molar-refractivity contribution in [2.24, 2.45) is 5.73 Å². The summed E-state index contributed by atoms with van der Waals surface area (Å²) >= 11 is 0. The lowest BCUT2D eigenvalue weighted by Crippen LogP contribution is -2.30. The van der Waals surface area contributed by atoms with Crippen molar-refractivity contribution in [1.82, 2.24) is 0 Å². The van der Waals surface area contributed by atoms with Crippen LogP contribution in [0.5, 0.6) is 11.5 Å². The van der Waals surface area contributed by atoms with Crippen LogP contribution in [0.4, 0.5) is 0 Å². The molecular formula is C16H25NO3. The van der Waals surface area contributed by atoms with E-state index < -0.39 is 0 Å². The Labute approximate surface area is 121 Å². The predicted octanol–water partition coefficient (Wildman–Crippen LogP) is 3.05. The normalized spacial score (nSPS) is 24.2. The summed E-state index contributed by atoms with van der Waals surface area (Å²) < 4.78 is 16.9. The average Bonchev–Trinajstić information content (AvgIpc) is 2.47. The molecule has 4 heteroatoms. The second-order valence-corrected chi connectivity index (χ2v) is 5.46. The fourth-order valence-corrected chi connectivity index (χ4v) is 2.72. The van der Waals surface area contributed by atoms with Crippen molar-refractivity contribution in [2.75, 3.05) is 14.2 Å². The summed E-state index contributed by atoms with van der Waals surface area (Å²) in [5, 5.41) is 0. The molecule has 3 atom stereocenters. The van der Waals surface area contributed by atoms with E-state index in [9.17, 15) is 0 Å². The fourth-order valence-electron chi connectivity index (χ4n) is 2.72. The molecule has 0 aliphatic heterocycles. The monoisotopic (exact) mass is 279 g/mol. The molecule has 0 amide bonds. The predicted molar refractivity (Wildman–Crippen MR) is 79.3 cm³/mol. The minimum absolute atomic E-state index is 0.0577. The van der Waals surface area contributed by atoms with Crippen LogP contribution in [-0.2, 0) is 4.74 Å². The highest BCUT2D eigenvalue weighted by Gasteiger charge is 2.24. The van der Waals surface area contributed by atoms with E-state index in [-0.39, 0.29) is 12.1 Å². The highest BCUT2D eigenvalue weighted by Crippen LogP contribution is 2.32. The molecule has 1 aliphatic carbocycles. The molecule has 112 valence electrons. The van der Waals surface area contributed by atoms with Crippen molar-refractivity contribution in [2.45, 2.75) is 50.9 Å². The molecule has 20 heavy (non-hydrogen) atoms. The van der Waals surface area contributed by atoms with Crippen LogP contribution in [0.1, 0.15) is 44.2 Å². The summed E-state index contributed by atoms with van der Waals surface area (Å²) in [6, 6.07) is 5.77. The van der Waals surface area contributed by atoms with Crippen LogP contribution in [0.3, 0.4) is 0 Å². The van der Waals surface area contributed by atoms with Gasteiger partial charge in [-0.25, -0.2) is 0 Å². The Balaban J connectivity index is 2.14. The van der Waals surface area contributed by atoms with Crippen LogP contribution in [0.15, 0.2) is 18.2 Å². The molecule has 0 radical (unpaired) electrons. The minimum Gasteiger partial charge on any atom is -0.497 e. The van der Waals surface area contributed by atoms with E-state index in [4.69, 9.17) is 19.9 Å². The molecule has 2 unspecified atom stereocenters. The molecule has 2 rings (SSSR count). The van der Waals surface area contributed by atoms with E-state index in [2.05, 4.69) is 0 Å². The van der Waals surface area contributed by atoms with Crippen LogP contribution in [0, 0.1) is 0 Å². The number of ether oxygens (including phenoxy) is 3. The lowest BCUT2D eigenvalue weighted by atomic mass is 9.94. The van der Waals surface area contributed by atoms with Crippen molar-refractivity contribution < 1.29 is 14.2 Å². The van der Waals surface area contributed by atoms with Gasteiger partial charge in [-0.1, -0.05) is 6.07 Å². The van der Waals surface area contributed by atoms with Crippen molar-refractivity contribution >= 4 is 0 Å². The molecular weight excluding hydrogens is 254 g/mol. The fraction of sp³-hybridized carbons (Fsp3) is 0.625. The van der Waals surface area contributed by atoms with E-state index in [1.165, 1.54) is 0 Å². The summed E-state index contributed by atoms with van der Waals surface area (Å²) in [4.78, 5) is 0. The van der Waals surface area contributed by atoms with Gasteiger partial charge in [-0.05, 0) is 32.3 Å². The maximum atomic E-state index is 6.18. The molecule has 1 aromatic rings. The number of benzene rings is 1. The number of hydrogen-bond donors (Lipinski definition) is 1. The van der Waals surface area contributed by atoms with Crippen molar-refractivity contribution in [3.05, 3.63) is 23.8 Å². The number of methoxy groups -OCH3 is 2. The standard InChI is InChI=1S/C16H25NO3/c1-11(17)15-8-7-13(19-3)10-16(15)20-14-6-4-5-12(9-14)18-2/h7-8,10-12,14H,4-6,9,17H2,1-3H3/t11-,12?,14?/m0/s1. The van der Waals surface area contributed by atoms with Crippen LogP contribution < -0.4 is 15.2 Å². The highest BCUT2D eigenvalue weighted by atomic mass is 16.5. The van der Waals surface area contributed by atoms with Gasteiger partial charge in [0.25, 0.3) is 0 Å². The van der Waals surface area contributed by atoms with Gasteiger partial charge in [0.05, 0.1) is 13.2 Å². The van der Waals surface area contributed by atoms with Gasteiger partial charge in [0.15, 0.2) is 0 Å². The van der Waals surface area contributed by atoms with E-state index in [0.717, 1.165) is 42.7 Å². The van der Waals surface area contributed by atoms with Crippen molar-refractivity contribution in [3.63, 3.8) is 0 Å². The molecule has 0 bridgehead atoms. The molecule has 1 aliphatic rings. The Morgan fingerprint density at radius 1 is 1.20 bits per heavy atom. The Hall–Kier alpha value is -1.26. The summed E-state index contributed by atoms with van der Waals surface area (Å²) in [6.07, 6.45) is 4.76. The zero-order valence-corrected chi connectivity index (χ0v) is 12.6. The first-order chi connectivity index (χ1) is 9.63. The third-order valence-electron chi connectivity index (χ3n) is 3.92. The van der Waals surface area contributed by atoms with E-state index in [0.29, 0.717) is 6.10 Å². The molecule has 1 aromatic carbocycles. The van der Waals surface area contributed by atoms with Gasteiger partial charge in [0.2, 0.25) is 0 Å². The third kappa shape index (κ3) is 3.64. The Kier molecular flexibility index (Phi) is 5.26. The molecule has 0 heterocycles. The first kappa shape index (κ1) is 15.1. The summed E-state index contributed by atoms with van der Waals surface area (Å²) in [5.41, 5.74) is 7.04. The smallest absolute Gasteiger partial charge is 0.128 e. The Bertz CT molecular complexity index is 434. The zero-order chi connectivity index (χ0) is 14.5. The van der Waals surface area contributed by atoms with Crippen molar-refractivity contribution in [1.29, 1.82) is 0 Å². The van der Waals surface area contributed by atoms with Crippen LogP contribution in [0.2, 0.25) is 0 Å². The highest BCUT2D eigenvalue weighted by molar-refractivity contribution is 5.42. The van der Waals surface area contributed by atoms with Gasteiger partial charge in [0.1, 0.15) is 17.6 Å². The maximum Gasteiger partial charge on any atom is 0.128 e. The average molecular weight is 279 g/mol. The number of nitrogens with two attached hydrogens (primary N) is 1. The number of rotatable bonds is 5. The van der Waals surface area contributed by atoms with Gasteiger partial charge in [-0.3, -0.25) is 0 Å². The first-order valence-electron chi connectivity index (χ1n) is 7.27. The molecule has 0 spiro atoms. The quantitative estimate of drug-likeness (QED) is 0.900. The number of hydrogen-bond acceptors (Lipinski definition) is 4. The van der Waals surface area contributed by atoms with Gasteiger partial charge in [-0.2, -0.15) is 0 Å². The Morgan fingerprint density at radius 2 is 1.95 bits per heavy atom. The topological polar surface area (TPSA) is 53.7 Å².